The van der Waals surface area contributed by atoms with Crippen molar-refractivity contribution in [3.63, 3.8) is 0 Å². The quantitative estimate of drug-likeness (QED) is 0.304. The van der Waals surface area contributed by atoms with Gasteiger partial charge in [0.2, 0.25) is 5.91 Å². The van der Waals surface area contributed by atoms with E-state index in [-0.39, 0.29) is 37.3 Å². The number of aromatic nitrogens is 1. The number of benzene rings is 2. The van der Waals surface area contributed by atoms with Crippen LogP contribution in [0.3, 0.4) is 0 Å². The van der Waals surface area contributed by atoms with Crippen LogP contribution in [0.5, 0.6) is 0 Å². The number of nitrogens with zero attached hydrogens (tertiary/aromatic N) is 4. The maximum atomic E-state index is 14.1. The van der Waals surface area contributed by atoms with Crippen LogP contribution in [0.1, 0.15) is 65.4 Å². The number of carbonyl (C=O) groups is 4. The number of esters is 1. The van der Waals surface area contributed by atoms with Crippen molar-refractivity contribution in [2.45, 2.75) is 66.3 Å². The molecule has 2 aliphatic rings. The van der Waals surface area contributed by atoms with Crippen molar-refractivity contribution in [1.29, 1.82) is 0 Å². The van der Waals surface area contributed by atoms with Crippen molar-refractivity contribution in [2.24, 2.45) is 16.4 Å². The van der Waals surface area contributed by atoms with Crippen molar-refractivity contribution in [3.8, 4) is 0 Å². The van der Waals surface area contributed by atoms with Gasteiger partial charge in [0.15, 0.2) is 5.78 Å². The lowest BCUT2D eigenvalue weighted by Gasteiger charge is -2.28. The number of carbonyl (C=O) groups excluding carboxylic acids is 4. The lowest BCUT2D eigenvalue weighted by Crippen LogP contribution is -2.47. The molecule has 5 rings (SSSR count). The first-order valence-corrected chi connectivity index (χ1v) is 15.4. The van der Waals surface area contributed by atoms with Crippen LogP contribution >= 0.6 is 0 Å². The van der Waals surface area contributed by atoms with Crippen LogP contribution in [0, 0.1) is 11.3 Å². The van der Waals surface area contributed by atoms with Crippen molar-refractivity contribution in [1.82, 2.24) is 9.58 Å². The van der Waals surface area contributed by atoms with E-state index >= 15 is 0 Å². The number of ketones is 1. The molecule has 1 N–H and O–H groups in total. The molecule has 2 heterocycles. The molecule has 1 aliphatic carbocycles. The van der Waals surface area contributed by atoms with Crippen molar-refractivity contribution in [3.05, 3.63) is 60.3 Å². The number of fused-ring (bicyclic) bond motifs is 2. The first-order valence-electron chi connectivity index (χ1n) is 15.4. The van der Waals surface area contributed by atoms with E-state index in [0.717, 1.165) is 54.3 Å². The topological polar surface area (TPSA) is 113 Å². The highest BCUT2D eigenvalue weighted by Crippen LogP contribution is 2.34. The number of hydrogen-bond donors (Lipinski definition) is 1. The summed E-state index contributed by atoms with van der Waals surface area (Å²) in [5.41, 5.74) is 2.88. The van der Waals surface area contributed by atoms with E-state index in [2.05, 4.69) is 5.32 Å². The molecule has 0 atom stereocenters. The summed E-state index contributed by atoms with van der Waals surface area (Å²) in [6.07, 6.45) is 7.02. The molecule has 10 nitrogen and oxygen atoms in total. The summed E-state index contributed by atoms with van der Waals surface area (Å²) in [5, 5.41) is 9.87. The lowest BCUT2D eigenvalue weighted by atomic mass is 9.83. The Labute approximate surface area is 258 Å². The van der Waals surface area contributed by atoms with Gasteiger partial charge in [-0.3, -0.25) is 19.3 Å². The van der Waals surface area contributed by atoms with Crippen LogP contribution in [0.2, 0.25) is 0 Å². The van der Waals surface area contributed by atoms with E-state index < -0.39 is 17.4 Å². The Morgan fingerprint density at radius 1 is 0.977 bits per heavy atom. The number of urea groups is 1. The summed E-state index contributed by atoms with van der Waals surface area (Å²) < 4.78 is 6.85. The van der Waals surface area contributed by atoms with Gasteiger partial charge >= 0.3 is 12.0 Å². The molecule has 2 aromatic carbocycles. The average Bonchev–Trinajstić information content (AvgIpc) is 3.34. The number of rotatable bonds is 9. The summed E-state index contributed by atoms with van der Waals surface area (Å²) in [7, 11) is 0. The van der Waals surface area contributed by atoms with Gasteiger partial charge < -0.3 is 14.6 Å². The molecular formula is C34H41N5O5. The molecule has 44 heavy (non-hydrogen) atoms. The summed E-state index contributed by atoms with van der Waals surface area (Å²) in [6.45, 7) is 7.16. The smallest absolute Gasteiger partial charge is 0.345 e. The molecule has 0 radical (unpaired) electrons. The third-order valence-electron chi connectivity index (χ3n) is 8.24. The van der Waals surface area contributed by atoms with Gasteiger partial charge in [-0.05, 0) is 49.4 Å². The number of ether oxygens (including phenoxy) is 1. The SMILES string of the molecule is CCOC(=O)Cn1ccc2ccc(NC(=O)CN3N=C(C4CCCCC4)c4ccccc4N(CC(=O)C(C)(C)C)C3=O)cc21. The fraction of sp³-hybridized carbons (Fsp3) is 0.441. The summed E-state index contributed by atoms with van der Waals surface area (Å²) in [4.78, 5) is 54.3. The second-order valence-electron chi connectivity index (χ2n) is 12.5. The second-order valence-corrected chi connectivity index (χ2v) is 12.5. The van der Waals surface area contributed by atoms with E-state index in [1.54, 1.807) is 29.8 Å². The standard InChI is InChI=1S/C34H41N5O5/c1-5-44-31(42)22-37-18-17-23-15-16-25(19-28(23)37)35-30(41)21-39-33(43)38(20-29(40)34(2,3)4)27-14-10-9-13-26(27)32(36-39)24-11-7-6-8-12-24/h9-10,13-19,24H,5-8,11-12,20-22H2,1-4H3,(H,35,41). The third kappa shape index (κ3) is 6.85. The van der Waals surface area contributed by atoms with Crippen LogP contribution in [0.15, 0.2) is 59.8 Å². The predicted molar refractivity (Wildman–Crippen MR) is 171 cm³/mol. The number of hydrazone groups is 1. The summed E-state index contributed by atoms with van der Waals surface area (Å²) >= 11 is 0. The van der Waals surface area contributed by atoms with Crippen LogP contribution in [-0.4, -0.2) is 58.7 Å². The molecule has 0 saturated heterocycles. The Kier molecular flexibility index (Phi) is 9.17. The highest BCUT2D eigenvalue weighted by Gasteiger charge is 2.36. The molecule has 232 valence electrons. The number of anilines is 2. The number of Topliss-reactive ketones (excluding diaryl/α,β-unsaturated/α-hetero) is 1. The Balaban J connectivity index is 1.44. The average molecular weight is 600 g/mol. The highest BCUT2D eigenvalue weighted by atomic mass is 16.5. The van der Waals surface area contributed by atoms with Gasteiger partial charge in [-0.2, -0.15) is 5.10 Å². The minimum atomic E-state index is -0.652. The van der Waals surface area contributed by atoms with E-state index in [1.807, 2.05) is 57.2 Å². The maximum Gasteiger partial charge on any atom is 0.345 e. The van der Waals surface area contributed by atoms with Crippen LogP contribution in [0.4, 0.5) is 16.2 Å². The van der Waals surface area contributed by atoms with Gasteiger partial charge in [-0.25, -0.2) is 9.80 Å². The number of hydrogen-bond acceptors (Lipinski definition) is 6. The molecule has 1 aromatic heterocycles. The molecule has 0 spiro atoms. The molecule has 1 fully saturated rings. The highest BCUT2D eigenvalue weighted by molar-refractivity contribution is 6.13. The Bertz CT molecular complexity index is 1590. The zero-order valence-electron chi connectivity index (χ0n) is 26.0. The zero-order valence-corrected chi connectivity index (χ0v) is 26.0. The predicted octanol–water partition coefficient (Wildman–Crippen LogP) is 5.98. The van der Waals surface area contributed by atoms with E-state index in [0.29, 0.717) is 18.0 Å². The zero-order chi connectivity index (χ0) is 31.4. The van der Waals surface area contributed by atoms with Crippen molar-refractivity contribution < 1.29 is 23.9 Å². The van der Waals surface area contributed by atoms with Crippen molar-refractivity contribution in [2.75, 3.05) is 29.9 Å². The maximum absolute atomic E-state index is 14.1. The molecule has 0 bridgehead atoms. The van der Waals surface area contributed by atoms with E-state index in [9.17, 15) is 19.2 Å². The normalized spacial score (nSPS) is 15.9. The Morgan fingerprint density at radius 2 is 1.73 bits per heavy atom. The lowest BCUT2D eigenvalue weighted by molar-refractivity contribution is -0.143. The summed E-state index contributed by atoms with van der Waals surface area (Å²) in [6, 6.07) is 14.4. The molecular weight excluding hydrogens is 558 g/mol. The number of para-hydroxylation sites is 1. The fourth-order valence-electron chi connectivity index (χ4n) is 5.79. The minimum absolute atomic E-state index is 0.0549. The molecule has 10 heteroatoms. The van der Waals surface area contributed by atoms with Gasteiger partial charge in [0.05, 0.1) is 30.1 Å². The van der Waals surface area contributed by atoms with Gasteiger partial charge in [0.25, 0.3) is 0 Å². The Morgan fingerprint density at radius 3 is 2.45 bits per heavy atom. The van der Waals surface area contributed by atoms with Crippen LogP contribution in [-0.2, 0) is 25.7 Å². The monoisotopic (exact) mass is 599 g/mol. The first-order chi connectivity index (χ1) is 21.0. The number of nitrogens with one attached hydrogen (secondary N) is 1. The molecule has 3 amide bonds. The summed E-state index contributed by atoms with van der Waals surface area (Å²) in [5.74, 6) is -0.719. The van der Waals surface area contributed by atoms with E-state index in [1.165, 1.54) is 9.91 Å². The molecule has 1 saturated carbocycles. The van der Waals surface area contributed by atoms with E-state index in [4.69, 9.17) is 9.84 Å². The molecule has 1 aliphatic heterocycles. The molecule has 0 unspecified atom stereocenters. The first kappa shape index (κ1) is 31.0. The van der Waals surface area contributed by atoms with Gasteiger partial charge in [-0.1, -0.05) is 64.3 Å². The van der Waals surface area contributed by atoms with Gasteiger partial charge in [-0.15, -0.1) is 0 Å². The fourth-order valence-corrected chi connectivity index (χ4v) is 5.79. The van der Waals surface area contributed by atoms with Gasteiger partial charge in [0.1, 0.15) is 13.1 Å². The van der Waals surface area contributed by atoms with Crippen LogP contribution < -0.4 is 10.2 Å². The Hall–Kier alpha value is -4.47. The number of amides is 3. The van der Waals surface area contributed by atoms with Crippen LogP contribution in [0.25, 0.3) is 10.9 Å². The van der Waals surface area contributed by atoms with Crippen molar-refractivity contribution >= 4 is 51.7 Å². The largest absolute Gasteiger partial charge is 0.465 e. The minimum Gasteiger partial charge on any atom is -0.465 e. The molecule has 3 aromatic rings. The second kappa shape index (κ2) is 13.0. The van der Waals surface area contributed by atoms with Gasteiger partial charge in [0, 0.05) is 28.8 Å². The third-order valence-corrected chi connectivity index (χ3v) is 8.24.